The van der Waals surface area contributed by atoms with Gasteiger partial charge in [-0.2, -0.15) is 0 Å². The van der Waals surface area contributed by atoms with Crippen LogP contribution in [0.2, 0.25) is 0 Å². The van der Waals surface area contributed by atoms with E-state index in [0.717, 1.165) is 28.8 Å². The van der Waals surface area contributed by atoms with Gasteiger partial charge in [0.05, 0.1) is 6.61 Å². The molecule has 1 atom stereocenters. The summed E-state index contributed by atoms with van der Waals surface area (Å²) in [4.78, 5) is 0. The Morgan fingerprint density at radius 3 is 2.33 bits per heavy atom. The van der Waals surface area contributed by atoms with Crippen molar-refractivity contribution < 1.29 is 18.6 Å². The van der Waals surface area contributed by atoms with Crippen LogP contribution in [0.1, 0.15) is 16.7 Å². The first-order valence-electron chi connectivity index (χ1n) is 6.61. The van der Waals surface area contributed by atoms with Gasteiger partial charge < -0.3 is 9.84 Å². The number of rotatable bonds is 2. The second kappa shape index (κ2) is 5.39. The average Bonchev–Trinajstić information content (AvgIpc) is 2.85. The minimum atomic E-state index is -1.13. The third kappa shape index (κ3) is 2.60. The summed E-state index contributed by atoms with van der Waals surface area (Å²) in [6.45, 7) is 2.22. The molecule has 1 N–H and O–H groups in total. The first-order valence-corrected chi connectivity index (χ1v) is 6.61. The Bertz CT molecular complexity index is 705. The van der Waals surface area contributed by atoms with Crippen LogP contribution in [0.25, 0.3) is 11.1 Å². The van der Waals surface area contributed by atoms with E-state index in [4.69, 9.17) is 4.74 Å². The summed E-state index contributed by atoms with van der Waals surface area (Å²) in [7, 11) is 0. The predicted octanol–water partition coefficient (Wildman–Crippen LogP) is 3.53. The third-order valence-electron chi connectivity index (χ3n) is 3.59. The Kier molecular flexibility index (Phi) is 3.57. The number of ether oxygens (including phenoxy) is 1. The number of benzene rings is 2. The highest BCUT2D eigenvalue weighted by atomic mass is 19.2. The van der Waals surface area contributed by atoms with Crippen molar-refractivity contribution in [3.05, 3.63) is 70.8 Å². The Hall–Kier alpha value is -2.04. The molecule has 1 unspecified atom stereocenters. The van der Waals surface area contributed by atoms with Crippen LogP contribution in [-0.2, 0) is 4.74 Å². The van der Waals surface area contributed by atoms with Crippen LogP contribution in [0.5, 0.6) is 0 Å². The molecule has 1 aliphatic heterocycles. The van der Waals surface area contributed by atoms with Gasteiger partial charge in [-0.1, -0.05) is 35.9 Å². The van der Waals surface area contributed by atoms with Crippen molar-refractivity contribution >= 4 is 11.1 Å². The van der Waals surface area contributed by atoms with Crippen LogP contribution in [0.4, 0.5) is 8.78 Å². The number of aliphatic hydroxyl groups excluding tert-OH is 1. The molecule has 2 aromatic carbocycles. The molecule has 108 valence electrons. The van der Waals surface area contributed by atoms with E-state index in [-0.39, 0.29) is 6.61 Å². The SMILES string of the molecule is Cc1ccc(C2=C(c3ccc(F)c(F)c3)C(O)OC2)cc1. The van der Waals surface area contributed by atoms with Crippen LogP contribution < -0.4 is 0 Å². The number of hydrogen-bond acceptors (Lipinski definition) is 2. The lowest BCUT2D eigenvalue weighted by Crippen LogP contribution is -2.07. The quantitative estimate of drug-likeness (QED) is 0.916. The predicted molar refractivity (Wildman–Crippen MR) is 76.3 cm³/mol. The van der Waals surface area contributed by atoms with E-state index in [1.54, 1.807) is 0 Å². The standard InChI is InChI=1S/C17H14F2O2/c1-10-2-4-11(5-3-10)13-9-21-17(20)16(13)12-6-7-14(18)15(19)8-12/h2-8,17,20H,9H2,1H3. The van der Waals surface area contributed by atoms with Crippen LogP contribution in [0, 0.1) is 18.6 Å². The van der Waals surface area contributed by atoms with Crippen molar-refractivity contribution in [2.24, 2.45) is 0 Å². The maximum Gasteiger partial charge on any atom is 0.182 e. The second-order valence-electron chi connectivity index (χ2n) is 5.05. The van der Waals surface area contributed by atoms with Crippen LogP contribution in [0.3, 0.4) is 0 Å². The van der Waals surface area contributed by atoms with Gasteiger partial charge in [-0.25, -0.2) is 8.78 Å². The van der Waals surface area contributed by atoms with E-state index < -0.39 is 17.9 Å². The summed E-state index contributed by atoms with van der Waals surface area (Å²) in [5.41, 5.74) is 3.71. The molecule has 0 aliphatic carbocycles. The van der Waals surface area contributed by atoms with Gasteiger partial charge in [0.25, 0.3) is 0 Å². The van der Waals surface area contributed by atoms with E-state index in [0.29, 0.717) is 11.1 Å². The summed E-state index contributed by atoms with van der Waals surface area (Å²) in [6, 6.07) is 11.3. The van der Waals surface area contributed by atoms with E-state index in [1.165, 1.54) is 6.07 Å². The average molecular weight is 288 g/mol. The highest BCUT2D eigenvalue weighted by molar-refractivity contribution is 5.94. The van der Waals surface area contributed by atoms with Gasteiger partial charge in [0.2, 0.25) is 0 Å². The molecule has 3 rings (SSSR count). The van der Waals surface area contributed by atoms with E-state index in [2.05, 4.69) is 0 Å². The largest absolute Gasteiger partial charge is 0.364 e. The normalized spacial score (nSPS) is 18.4. The van der Waals surface area contributed by atoms with Crippen LogP contribution in [-0.4, -0.2) is 18.0 Å². The van der Waals surface area contributed by atoms with Crippen molar-refractivity contribution in [3.8, 4) is 0 Å². The molecule has 0 fully saturated rings. The molecule has 2 nitrogen and oxygen atoms in total. The smallest absolute Gasteiger partial charge is 0.182 e. The van der Waals surface area contributed by atoms with Gasteiger partial charge in [0, 0.05) is 5.57 Å². The summed E-state index contributed by atoms with van der Waals surface area (Å²) in [5, 5.41) is 9.99. The molecule has 1 aliphatic rings. The molecular formula is C17H14F2O2. The van der Waals surface area contributed by atoms with Crippen molar-refractivity contribution in [1.82, 2.24) is 0 Å². The molecule has 21 heavy (non-hydrogen) atoms. The van der Waals surface area contributed by atoms with E-state index in [1.807, 2.05) is 31.2 Å². The Labute approximate surface area is 121 Å². The zero-order chi connectivity index (χ0) is 15.0. The number of halogens is 2. The van der Waals surface area contributed by atoms with Crippen molar-refractivity contribution in [2.45, 2.75) is 13.2 Å². The molecule has 0 aromatic heterocycles. The third-order valence-corrected chi connectivity index (χ3v) is 3.59. The molecule has 0 amide bonds. The summed E-state index contributed by atoms with van der Waals surface area (Å²) >= 11 is 0. The zero-order valence-corrected chi connectivity index (χ0v) is 11.4. The van der Waals surface area contributed by atoms with Gasteiger partial charge in [-0.05, 0) is 35.8 Å². The Morgan fingerprint density at radius 1 is 1.00 bits per heavy atom. The van der Waals surface area contributed by atoms with Gasteiger partial charge in [0.15, 0.2) is 17.9 Å². The maximum atomic E-state index is 13.4. The molecule has 0 radical (unpaired) electrons. The van der Waals surface area contributed by atoms with Gasteiger partial charge in [-0.15, -0.1) is 0 Å². The molecule has 4 heteroatoms. The van der Waals surface area contributed by atoms with Crippen molar-refractivity contribution in [1.29, 1.82) is 0 Å². The van der Waals surface area contributed by atoms with E-state index in [9.17, 15) is 13.9 Å². The second-order valence-corrected chi connectivity index (χ2v) is 5.05. The highest BCUT2D eigenvalue weighted by Gasteiger charge is 2.27. The minimum absolute atomic E-state index is 0.235. The molecule has 0 saturated heterocycles. The topological polar surface area (TPSA) is 29.5 Å². The molecular weight excluding hydrogens is 274 g/mol. The summed E-state index contributed by atoms with van der Waals surface area (Å²) in [6.07, 6.45) is -1.13. The van der Waals surface area contributed by atoms with Crippen LogP contribution >= 0.6 is 0 Å². The van der Waals surface area contributed by atoms with Crippen molar-refractivity contribution in [2.75, 3.05) is 6.61 Å². The maximum absolute atomic E-state index is 13.4. The molecule has 1 heterocycles. The lowest BCUT2D eigenvalue weighted by atomic mass is 9.95. The molecule has 0 saturated carbocycles. The molecule has 2 aromatic rings. The van der Waals surface area contributed by atoms with Gasteiger partial charge >= 0.3 is 0 Å². The fourth-order valence-corrected chi connectivity index (χ4v) is 2.45. The first-order chi connectivity index (χ1) is 10.1. The zero-order valence-electron chi connectivity index (χ0n) is 11.4. The monoisotopic (exact) mass is 288 g/mol. The lowest BCUT2D eigenvalue weighted by Gasteiger charge is -2.10. The fraction of sp³-hybridized carbons (Fsp3) is 0.176. The molecule has 0 bridgehead atoms. The number of aliphatic hydroxyl groups is 1. The van der Waals surface area contributed by atoms with E-state index >= 15 is 0 Å². The highest BCUT2D eigenvalue weighted by Crippen LogP contribution is 2.35. The summed E-state index contributed by atoms with van der Waals surface area (Å²) < 4.78 is 31.7. The fourth-order valence-electron chi connectivity index (χ4n) is 2.45. The minimum Gasteiger partial charge on any atom is -0.364 e. The first kappa shape index (κ1) is 13.9. The molecule has 0 spiro atoms. The number of hydrogen-bond donors (Lipinski definition) is 1. The van der Waals surface area contributed by atoms with Gasteiger partial charge in [-0.3, -0.25) is 0 Å². The summed E-state index contributed by atoms with van der Waals surface area (Å²) in [5.74, 6) is -1.85. The Morgan fingerprint density at radius 2 is 1.67 bits per heavy atom. The Balaban J connectivity index is 2.12. The number of aryl methyl sites for hydroxylation is 1. The van der Waals surface area contributed by atoms with Crippen LogP contribution in [0.15, 0.2) is 42.5 Å². The lowest BCUT2D eigenvalue weighted by molar-refractivity contribution is -0.0312. The van der Waals surface area contributed by atoms with Gasteiger partial charge in [0.1, 0.15) is 0 Å². The van der Waals surface area contributed by atoms with Crippen molar-refractivity contribution in [3.63, 3.8) is 0 Å².